The lowest BCUT2D eigenvalue weighted by molar-refractivity contribution is 0.0924. The fourth-order valence-corrected chi connectivity index (χ4v) is 3.12. The Morgan fingerprint density at radius 2 is 1.41 bits per heavy atom. The number of nitrogen functional groups attached to an aromatic ring is 1. The van der Waals surface area contributed by atoms with Crippen molar-refractivity contribution < 1.29 is 9.59 Å². The Balaban J connectivity index is 1.64. The maximum Gasteiger partial charge on any atom is 0.268 e. The molecule has 2 N–H and O–H groups in total. The van der Waals surface area contributed by atoms with E-state index in [2.05, 4.69) is 19.9 Å². The second-order valence-corrected chi connectivity index (χ2v) is 5.87. The zero-order chi connectivity index (χ0) is 18.5. The highest BCUT2D eigenvalue weighted by Gasteiger charge is 2.38. The minimum Gasteiger partial charge on any atom is -0.369 e. The van der Waals surface area contributed by atoms with Crippen LogP contribution >= 0.6 is 0 Å². The van der Waals surface area contributed by atoms with E-state index in [9.17, 15) is 9.59 Å². The molecule has 0 saturated carbocycles. The first-order valence-corrected chi connectivity index (χ1v) is 8.05. The number of fused-ring (bicyclic) bond motifs is 2. The number of nitrogens with zero attached hydrogens (tertiary/aromatic N) is 6. The van der Waals surface area contributed by atoms with E-state index in [1.54, 1.807) is 28.8 Å². The highest BCUT2D eigenvalue weighted by atomic mass is 16.2. The maximum atomic E-state index is 12.6. The van der Waals surface area contributed by atoms with Gasteiger partial charge >= 0.3 is 0 Å². The van der Waals surface area contributed by atoms with E-state index in [-0.39, 0.29) is 17.8 Å². The van der Waals surface area contributed by atoms with Gasteiger partial charge in [0.2, 0.25) is 17.8 Å². The molecule has 0 radical (unpaired) electrons. The first kappa shape index (κ1) is 15.1. The van der Waals surface area contributed by atoms with Crippen LogP contribution in [0.4, 0.5) is 11.9 Å². The van der Waals surface area contributed by atoms with Gasteiger partial charge in [-0.3, -0.25) is 9.59 Å². The molecule has 27 heavy (non-hydrogen) atoms. The number of imide groups is 1. The number of amides is 2. The molecular formula is C18H11N7O2. The maximum absolute atomic E-state index is 12.6. The summed E-state index contributed by atoms with van der Waals surface area (Å²) < 4.78 is 1.54. The van der Waals surface area contributed by atoms with E-state index < -0.39 is 11.8 Å². The van der Waals surface area contributed by atoms with Gasteiger partial charge in [0, 0.05) is 0 Å². The van der Waals surface area contributed by atoms with Crippen LogP contribution in [0.3, 0.4) is 0 Å². The zero-order valence-corrected chi connectivity index (χ0v) is 13.8. The van der Waals surface area contributed by atoms with Crippen molar-refractivity contribution in [1.82, 2.24) is 24.5 Å². The molecule has 2 aromatic carbocycles. The number of aromatic nitrogens is 5. The largest absolute Gasteiger partial charge is 0.369 e. The molecule has 1 aliphatic rings. The highest BCUT2D eigenvalue weighted by molar-refractivity contribution is 6.33. The van der Waals surface area contributed by atoms with Gasteiger partial charge in [-0.2, -0.15) is 4.98 Å². The van der Waals surface area contributed by atoms with Gasteiger partial charge in [-0.1, -0.05) is 24.3 Å². The smallest absolute Gasteiger partial charge is 0.268 e. The Morgan fingerprint density at radius 3 is 2.15 bits per heavy atom. The first-order valence-electron chi connectivity index (χ1n) is 8.05. The summed E-state index contributed by atoms with van der Waals surface area (Å²) in [6.07, 6.45) is 1.23. The summed E-state index contributed by atoms with van der Waals surface area (Å²) in [7, 11) is 0. The predicted octanol–water partition coefficient (Wildman–Crippen LogP) is 1.59. The quantitative estimate of drug-likeness (QED) is 0.541. The summed E-state index contributed by atoms with van der Waals surface area (Å²) in [5, 5.41) is 0. The van der Waals surface area contributed by atoms with Crippen molar-refractivity contribution in [2.24, 2.45) is 0 Å². The molecule has 0 spiro atoms. The van der Waals surface area contributed by atoms with Crippen LogP contribution in [0.25, 0.3) is 17.0 Å². The number of para-hydroxylation sites is 2. The molecule has 130 valence electrons. The van der Waals surface area contributed by atoms with Gasteiger partial charge in [0.05, 0.1) is 22.2 Å². The van der Waals surface area contributed by atoms with Crippen LogP contribution in [0, 0.1) is 0 Å². The molecule has 0 bridgehead atoms. The highest BCUT2D eigenvalue weighted by Crippen LogP contribution is 2.27. The number of anilines is 2. The standard InChI is InChI=1S/C18H11N7O2/c19-16-22-12-7-3-4-8-13(12)24(16)17-20-9-21-18(23-17)25-14(26)10-5-1-2-6-11(10)15(25)27/h1-9H,(H2,19,22). The van der Waals surface area contributed by atoms with E-state index in [0.29, 0.717) is 22.2 Å². The molecule has 0 saturated heterocycles. The van der Waals surface area contributed by atoms with Crippen LogP contribution in [-0.4, -0.2) is 36.3 Å². The first-order chi connectivity index (χ1) is 13.1. The molecule has 1 aliphatic heterocycles. The SMILES string of the molecule is Nc1nc2ccccc2n1-c1ncnc(N2C(=O)c3ccccc3C2=O)n1. The molecule has 0 atom stereocenters. The normalized spacial score (nSPS) is 13.4. The number of hydrogen-bond acceptors (Lipinski definition) is 7. The van der Waals surface area contributed by atoms with E-state index in [4.69, 9.17) is 5.73 Å². The Bertz CT molecular complexity index is 1210. The molecule has 0 unspecified atom stereocenters. The molecule has 2 aromatic heterocycles. The van der Waals surface area contributed by atoms with Crippen molar-refractivity contribution in [3.8, 4) is 5.95 Å². The average Bonchev–Trinajstić information content (AvgIpc) is 3.16. The van der Waals surface area contributed by atoms with Gasteiger partial charge in [-0.15, -0.1) is 0 Å². The zero-order valence-electron chi connectivity index (χ0n) is 13.8. The van der Waals surface area contributed by atoms with Crippen molar-refractivity contribution in [3.05, 3.63) is 66.0 Å². The third-order valence-electron chi connectivity index (χ3n) is 4.33. The molecule has 0 aliphatic carbocycles. The van der Waals surface area contributed by atoms with E-state index in [1.807, 2.05) is 24.3 Å². The number of carbonyl (C=O) groups excluding carboxylic acids is 2. The van der Waals surface area contributed by atoms with Crippen LogP contribution in [0.5, 0.6) is 0 Å². The Morgan fingerprint density at radius 1 is 0.778 bits per heavy atom. The topological polar surface area (TPSA) is 120 Å². The fourth-order valence-electron chi connectivity index (χ4n) is 3.12. The minimum absolute atomic E-state index is 0.0663. The van der Waals surface area contributed by atoms with Crippen LogP contribution < -0.4 is 10.6 Å². The summed E-state index contributed by atoms with van der Waals surface area (Å²) in [5.41, 5.74) is 8.03. The number of rotatable bonds is 2. The molecule has 5 rings (SSSR count). The number of nitrogens with two attached hydrogens (primary N) is 1. The van der Waals surface area contributed by atoms with Crippen molar-refractivity contribution >= 4 is 34.7 Å². The van der Waals surface area contributed by atoms with Gasteiger partial charge in [-0.25, -0.2) is 24.4 Å². The third kappa shape index (κ3) is 2.11. The van der Waals surface area contributed by atoms with Crippen molar-refractivity contribution in [2.45, 2.75) is 0 Å². The van der Waals surface area contributed by atoms with Crippen LogP contribution in [-0.2, 0) is 0 Å². The van der Waals surface area contributed by atoms with Gasteiger partial charge < -0.3 is 5.73 Å². The lowest BCUT2D eigenvalue weighted by Crippen LogP contribution is -2.31. The Labute approximate surface area is 152 Å². The van der Waals surface area contributed by atoms with Gasteiger partial charge in [-0.05, 0) is 24.3 Å². The fraction of sp³-hybridized carbons (Fsp3) is 0. The summed E-state index contributed by atoms with van der Waals surface area (Å²) in [6.45, 7) is 0. The number of carbonyl (C=O) groups is 2. The Kier molecular flexibility index (Phi) is 3.04. The third-order valence-corrected chi connectivity index (χ3v) is 4.33. The molecular weight excluding hydrogens is 346 g/mol. The summed E-state index contributed by atoms with van der Waals surface area (Å²) in [6, 6.07) is 13.9. The molecule has 0 fully saturated rings. The monoisotopic (exact) mass is 357 g/mol. The molecule has 2 amide bonds. The van der Waals surface area contributed by atoms with E-state index in [1.165, 1.54) is 6.33 Å². The van der Waals surface area contributed by atoms with Gasteiger partial charge in [0.15, 0.2) is 0 Å². The predicted molar refractivity (Wildman–Crippen MR) is 96.4 cm³/mol. The molecule has 3 heterocycles. The molecule has 9 nitrogen and oxygen atoms in total. The summed E-state index contributed by atoms with van der Waals surface area (Å²) in [5.74, 6) is -0.658. The van der Waals surface area contributed by atoms with Crippen molar-refractivity contribution in [3.63, 3.8) is 0 Å². The number of hydrogen-bond donors (Lipinski definition) is 1. The van der Waals surface area contributed by atoms with Crippen molar-refractivity contribution in [2.75, 3.05) is 10.6 Å². The van der Waals surface area contributed by atoms with Crippen LogP contribution in [0.15, 0.2) is 54.9 Å². The van der Waals surface area contributed by atoms with Crippen molar-refractivity contribution in [1.29, 1.82) is 0 Å². The Hall–Kier alpha value is -4.14. The van der Waals surface area contributed by atoms with Gasteiger partial charge in [0.25, 0.3) is 11.8 Å². The van der Waals surface area contributed by atoms with E-state index in [0.717, 1.165) is 4.90 Å². The van der Waals surface area contributed by atoms with Gasteiger partial charge in [0.1, 0.15) is 6.33 Å². The summed E-state index contributed by atoms with van der Waals surface area (Å²) in [4.78, 5) is 42.9. The summed E-state index contributed by atoms with van der Waals surface area (Å²) >= 11 is 0. The number of benzene rings is 2. The molecule has 4 aromatic rings. The lowest BCUT2D eigenvalue weighted by atomic mass is 10.1. The average molecular weight is 357 g/mol. The number of imidazole rings is 1. The second-order valence-electron chi connectivity index (χ2n) is 5.87. The van der Waals surface area contributed by atoms with Crippen LogP contribution in [0.1, 0.15) is 20.7 Å². The lowest BCUT2D eigenvalue weighted by Gasteiger charge is -2.12. The second kappa shape index (κ2) is 5.43. The van der Waals surface area contributed by atoms with Crippen LogP contribution in [0.2, 0.25) is 0 Å². The minimum atomic E-state index is -0.476. The van der Waals surface area contributed by atoms with E-state index >= 15 is 0 Å². The molecule has 9 heteroatoms.